The summed E-state index contributed by atoms with van der Waals surface area (Å²) in [5.41, 5.74) is 1.84. The minimum Gasteiger partial charge on any atom is -0.467 e. The molecule has 1 aromatic carbocycles. The van der Waals surface area contributed by atoms with Crippen LogP contribution < -0.4 is 0 Å². The third-order valence-electron chi connectivity index (χ3n) is 3.79. The largest absolute Gasteiger partial charge is 0.467 e. The number of hydrogen-bond donors (Lipinski definition) is 0. The van der Waals surface area contributed by atoms with Gasteiger partial charge in [-0.15, -0.1) is 0 Å². The minimum atomic E-state index is -0.540. The third kappa shape index (κ3) is 3.85. The second kappa shape index (κ2) is 7.17. The molecule has 128 valence electrons. The van der Waals surface area contributed by atoms with E-state index in [0.717, 1.165) is 5.52 Å². The number of aryl methyl sites for hydroxylation is 1. The number of esters is 1. The lowest BCUT2D eigenvalue weighted by atomic mass is 10.1. The summed E-state index contributed by atoms with van der Waals surface area (Å²) in [6, 6.07) is 12.5. The van der Waals surface area contributed by atoms with Gasteiger partial charge in [-0.2, -0.15) is 0 Å². The zero-order valence-corrected chi connectivity index (χ0v) is 14.1. The molecule has 0 aliphatic carbocycles. The van der Waals surface area contributed by atoms with Gasteiger partial charge in [-0.3, -0.25) is 9.78 Å². The van der Waals surface area contributed by atoms with E-state index in [1.54, 1.807) is 31.5 Å². The number of para-hydroxylation sites is 1. The van der Waals surface area contributed by atoms with Crippen molar-refractivity contribution in [3.05, 3.63) is 65.7 Å². The van der Waals surface area contributed by atoms with Gasteiger partial charge in [0.2, 0.25) is 0 Å². The summed E-state index contributed by atoms with van der Waals surface area (Å²) in [4.78, 5) is 30.4. The SMILES string of the molecule is Cc1cc(C(=O)OCC(=O)N(C)Cc2ccco2)c2ccccc2n1. The van der Waals surface area contributed by atoms with E-state index in [2.05, 4.69) is 4.98 Å². The molecule has 0 aliphatic rings. The zero-order chi connectivity index (χ0) is 17.8. The highest BCUT2D eigenvalue weighted by molar-refractivity contribution is 6.04. The number of carbonyl (C=O) groups is 2. The molecule has 2 heterocycles. The highest BCUT2D eigenvalue weighted by Crippen LogP contribution is 2.19. The van der Waals surface area contributed by atoms with Crippen molar-refractivity contribution in [2.45, 2.75) is 13.5 Å². The Kier molecular flexibility index (Phi) is 4.79. The van der Waals surface area contributed by atoms with E-state index in [9.17, 15) is 9.59 Å². The van der Waals surface area contributed by atoms with Crippen LogP contribution >= 0.6 is 0 Å². The second-order valence-electron chi connectivity index (χ2n) is 5.73. The van der Waals surface area contributed by atoms with Gasteiger partial charge >= 0.3 is 5.97 Å². The molecule has 3 aromatic rings. The molecule has 0 fully saturated rings. The molecule has 2 aromatic heterocycles. The topological polar surface area (TPSA) is 72.6 Å². The summed E-state index contributed by atoms with van der Waals surface area (Å²) >= 11 is 0. The van der Waals surface area contributed by atoms with Crippen molar-refractivity contribution >= 4 is 22.8 Å². The number of ether oxygens (including phenoxy) is 1. The highest BCUT2D eigenvalue weighted by Gasteiger charge is 2.17. The van der Waals surface area contributed by atoms with E-state index in [4.69, 9.17) is 9.15 Å². The van der Waals surface area contributed by atoms with Crippen molar-refractivity contribution in [2.75, 3.05) is 13.7 Å². The van der Waals surface area contributed by atoms with E-state index in [0.29, 0.717) is 28.9 Å². The minimum absolute atomic E-state index is 0.306. The number of amides is 1. The molecule has 6 heteroatoms. The molecule has 0 unspecified atom stereocenters. The first kappa shape index (κ1) is 16.7. The Balaban J connectivity index is 1.67. The fraction of sp³-hybridized carbons (Fsp3) is 0.211. The van der Waals surface area contributed by atoms with Gasteiger partial charge in [-0.05, 0) is 31.2 Å². The van der Waals surface area contributed by atoms with Crippen molar-refractivity contribution in [3.8, 4) is 0 Å². The molecule has 0 spiro atoms. The number of nitrogens with zero attached hydrogens (tertiary/aromatic N) is 2. The Labute approximate surface area is 145 Å². The van der Waals surface area contributed by atoms with Crippen molar-refractivity contribution in [3.63, 3.8) is 0 Å². The average Bonchev–Trinajstić information content (AvgIpc) is 3.11. The summed E-state index contributed by atoms with van der Waals surface area (Å²) in [5, 5.41) is 0.703. The number of rotatable bonds is 5. The monoisotopic (exact) mass is 338 g/mol. The van der Waals surface area contributed by atoms with Gasteiger partial charge < -0.3 is 14.1 Å². The first-order chi connectivity index (χ1) is 12.0. The maximum Gasteiger partial charge on any atom is 0.339 e. The van der Waals surface area contributed by atoms with Gasteiger partial charge in [0.05, 0.1) is 23.9 Å². The first-order valence-corrected chi connectivity index (χ1v) is 7.84. The van der Waals surface area contributed by atoms with E-state index in [1.807, 2.05) is 31.2 Å². The lowest BCUT2D eigenvalue weighted by molar-refractivity contribution is -0.133. The van der Waals surface area contributed by atoms with Gasteiger partial charge in [0.1, 0.15) is 5.76 Å². The molecular weight excluding hydrogens is 320 g/mol. The van der Waals surface area contributed by atoms with Crippen LogP contribution in [0.5, 0.6) is 0 Å². The molecule has 0 aliphatic heterocycles. The summed E-state index contributed by atoms with van der Waals surface area (Å²) in [7, 11) is 1.63. The van der Waals surface area contributed by atoms with Crippen LogP contribution in [0.25, 0.3) is 10.9 Å². The Bertz CT molecular complexity index is 903. The summed E-state index contributed by atoms with van der Waals surface area (Å²) in [6.07, 6.45) is 1.55. The van der Waals surface area contributed by atoms with Crippen LogP contribution in [0.4, 0.5) is 0 Å². The van der Waals surface area contributed by atoms with Gasteiger partial charge in [-0.1, -0.05) is 18.2 Å². The van der Waals surface area contributed by atoms with Gasteiger partial charge in [0.15, 0.2) is 6.61 Å². The van der Waals surface area contributed by atoms with Crippen LogP contribution in [0.15, 0.2) is 53.1 Å². The smallest absolute Gasteiger partial charge is 0.339 e. The van der Waals surface area contributed by atoms with Crippen LogP contribution in [0.3, 0.4) is 0 Å². The van der Waals surface area contributed by atoms with Crippen molar-refractivity contribution < 1.29 is 18.7 Å². The number of hydrogen-bond acceptors (Lipinski definition) is 5. The quantitative estimate of drug-likeness (QED) is 0.669. The fourth-order valence-electron chi connectivity index (χ4n) is 2.52. The number of furan rings is 1. The van der Waals surface area contributed by atoms with Crippen LogP contribution in [-0.2, 0) is 16.1 Å². The molecule has 0 bridgehead atoms. The van der Waals surface area contributed by atoms with Crippen molar-refractivity contribution in [1.29, 1.82) is 0 Å². The van der Waals surface area contributed by atoms with Crippen molar-refractivity contribution in [1.82, 2.24) is 9.88 Å². The Morgan fingerprint density at radius 2 is 2.00 bits per heavy atom. The molecule has 6 nitrogen and oxygen atoms in total. The number of benzene rings is 1. The number of fused-ring (bicyclic) bond motifs is 1. The normalized spacial score (nSPS) is 10.6. The molecule has 25 heavy (non-hydrogen) atoms. The Morgan fingerprint density at radius 1 is 1.20 bits per heavy atom. The second-order valence-corrected chi connectivity index (χ2v) is 5.73. The summed E-state index contributed by atoms with van der Waals surface area (Å²) < 4.78 is 10.4. The predicted molar refractivity (Wildman–Crippen MR) is 91.9 cm³/mol. The molecule has 0 atom stereocenters. The maximum absolute atomic E-state index is 12.4. The molecule has 0 saturated heterocycles. The van der Waals surface area contributed by atoms with E-state index < -0.39 is 5.97 Å². The van der Waals surface area contributed by atoms with E-state index in [-0.39, 0.29) is 12.5 Å². The summed E-state index contributed by atoms with van der Waals surface area (Å²) in [6.45, 7) is 1.80. The number of aromatic nitrogens is 1. The molecule has 0 saturated carbocycles. The standard InChI is InChI=1S/C19H18N2O4/c1-13-10-16(15-7-3-4-8-17(15)20-13)19(23)25-12-18(22)21(2)11-14-6-5-9-24-14/h3-10H,11-12H2,1-2H3. The lowest BCUT2D eigenvalue weighted by Crippen LogP contribution is -2.30. The molecule has 1 amide bonds. The molecule has 3 rings (SSSR count). The van der Waals surface area contributed by atoms with E-state index in [1.165, 1.54) is 4.90 Å². The first-order valence-electron chi connectivity index (χ1n) is 7.84. The van der Waals surface area contributed by atoms with Crippen molar-refractivity contribution in [2.24, 2.45) is 0 Å². The fourth-order valence-corrected chi connectivity index (χ4v) is 2.52. The van der Waals surface area contributed by atoms with Gasteiger partial charge in [-0.25, -0.2) is 4.79 Å². The Hall–Kier alpha value is -3.15. The predicted octanol–water partition coefficient (Wildman–Crippen LogP) is 2.95. The van der Waals surface area contributed by atoms with Crippen LogP contribution in [0, 0.1) is 6.92 Å². The average molecular weight is 338 g/mol. The molecule has 0 N–H and O–H groups in total. The molecule has 0 radical (unpaired) electrons. The van der Waals surface area contributed by atoms with Crippen LogP contribution in [0.1, 0.15) is 21.8 Å². The van der Waals surface area contributed by atoms with E-state index >= 15 is 0 Å². The number of pyridine rings is 1. The number of likely N-dealkylation sites (N-methyl/N-ethyl adjacent to an activating group) is 1. The third-order valence-corrected chi connectivity index (χ3v) is 3.79. The highest BCUT2D eigenvalue weighted by atomic mass is 16.5. The Morgan fingerprint density at radius 3 is 2.76 bits per heavy atom. The van der Waals surface area contributed by atoms with Gasteiger partial charge in [0.25, 0.3) is 5.91 Å². The maximum atomic E-state index is 12.4. The van der Waals surface area contributed by atoms with Crippen LogP contribution in [0.2, 0.25) is 0 Å². The lowest BCUT2D eigenvalue weighted by Gasteiger charge is -2.16. The summed E-state index contributed by atoms with van der Waals surface area (Å²) in [5.74, 6) is -0.181. The number of carbonyl (C=O) groups excluding carboxylic acids is 2. The van der Waals surface area contributed by atoms with Crippen LogP contribution in [-0.4, -0.2) is 35.4 Å². The van der Waals surface area contributed by atoms with Gasteiger partial charge in [0, 0.05) is 18.1 Å². The molecular formula is C19H18N2O4. The zero-order valence-electron chi connectivity index (χ0n) is 14.1.